The van der Waals surface area contributed by atoms with E-state index in [4.69, 9.17) is 9.84 Å². The summed E-state index contributed by atoms with van der Waals surface area (Å²) in [4.78, 5) is 14.7. The summed E-state index contributed by atoms with van der Waals surface area (Å²) >= 11 is 1.26. The van der Waals surface area contributed by atoms with Crippen LogP contribution in [0.3, 0.4) is 0 Å². The molecule has 0 atom stereocenters. The smallest absolute Gasteiger partial charge is 0.355 e. The number of carboxylic acid groups (broad SMARTS) is 1. The molecule has 2 rings (SSSR count). The Bertz CT molecular complexity index is 566. The third kappa shape index (κ3) is 3.96. The highest BCUT2D eigenvalue weighted by Gasteiger charge is 2.08. The highest BCUT2D eigenvalue weighted by atomic mass is 32.1. The maximum absolute atomic E-state index is 10.7. The molecule has 2 N–H and O–H groups in total. The van der Waals surface area contributed by atoms with Gasteiger partial charge in [-0.2, -0.15) is 0 Å². The van der Waals surface area contributed by atoms with E-state index in [2.05, 4.69) is 17.2 Å². The van der Waals surface area contributed by atoms with Crippen LogP contribution in [0.25, 0.3) is 0 Å². The average Bonchev–Trinajstić information content (AvgIpc) is 2.90. The van der Waals surface area contributed by atoms with Gasteiger partial charge in [0.1, 0.15) is 5.75 Å². The molecular weight excluding hydrogens is 276 g/mol. The Morgan fingerprint density at radius 1 is 1.40 bits per heavy atom. The summed E-state index contributed by atoms with van der Waals surface area (Å²) in [6.07, 6.45) is 2.15. The second kappa shape index (κ2) is 6.91. The molecule has 20 heavy (non-hydrogen) atoms. The number of nitrogens with zero attached hydrogens (tertiary/aromatic N) is 1. The molecule has 0 spiro atoms. The predicted octanol–water partition coefficient (Wildman–Crippen LogP) is 3.76. The molecule has 106 valence electrons. The normalized spacial score (nSPS) is 10.2. The van der Waals surface area contributed by atoms with E-state index < -0.39 is 5.97 Å². The molecule has 0 unspecified atom stereocenters. The van der Waals surface area contributed by atoms with Crippen molar-refractivity contribution >= 4 is 28.1 Å². The standard InChI is InChI=1S/C14H16N2O3S/c1-2-3-8-19-11-6-4-10(5-7-11)15-14-16-12(9-20-14)13(17)18/h4-7,9H,2-3,8H2,1H3,(H,15,16)(H,17,18). The number of carboxylic acids is 1. The first kappa shape index (κ1) is 14.3. The van der Waals surface area contributed by atoms with E-state index in [1.165, 1.54) is 16.7 Å². The van der Waals surface area contributed by atoms with Crippen LogP contribution in [-0.2, 0) is 0 Å². The van der Waals surface area contributed by atoms with E-state index in [-0.39, 0.29) is 5.69 Å². The fourth-order valence-corrected chi connectivity index (χ4v) is 2.23. The van der Waals surface area contributed by atoms with Gasteiger partial charge in [-0.15, -0.1) is 11.3 Å². The SMILES string of the molecule is CCCCOc1ccc(Nc2nc(C(=O)O)cs2)cc1. The number of thiazole rings is 1. The lowest BCUT2D eigenvalue weighted by Gasteiger charge is -2.07. The highest BCUT2D eigenvalue weighted by Crippen LogP contribution is 2.23. The number of ether oxygens (including phenoxy) is 1. The first-order valence-electron chi connectivity index (χ1n) is 6.37. The van der Waals surface area contributed by atoms with Crippen LogP contribution in [0.2, 0.25) is 0 Å². The van der Waals surface area contributed by atoms with Crippen LogP contribution in [-0.4, -0.2) is 22.7 Å². The number of hydrogen-bond donors (Lipinski definition) is 2. The molecule has 1 aromatic carbocycles. The molecule has 0 radical (unpaired) electrons. The maximum Gasteiger partial charge on any atom is 0.355 e. The van der Waals surface area contributed by atoms with E-state index in [0.717, 1.165) is 30.9 Å². The first-order valence-corrected chi connectivity index (χ1v) is 7.25. The number of aromatic carboxylic acids is 1. The molecule has 2 aromatic rings. The number of carbonyl (C=O) groups is 1. The van der Waals surface area contributed by atoms with Crippen molar-refractivity contribution in [3.05, 3.63) is 35.3 Å². The molecule has 1 heterocycles. The summed E-state index contributed by atoms with van der Waals surface area (Å²) in [5, 5.41) is 13.9. The molecule has 1 aromatic heterocycles. The Labute approximate surface area is 121 Å². The zero-order valence-corrected chi connectivity index (χ0v) is 11.9. The largest absolute Gasteiger partial charge is 0.494 e. The molecule has 0 amide bonds. The monoisotopic (exact) mass is 292 g/mol. The predicted molar refractivity (Wildman–Crippen MR) is 79.2 cm³/mol. The Morgan fingerprint density at radius 2 is 2.15 bits per heavy atom. The van der Waals surface area contributed by atoms with Gasteiger partial charge < -0.3 is 15.2 Å². The lowest BCUT2D eigenvalue weighted by Crippen LogP contribution is -1.98. The van der Waals surface area contributed by atoms with Crippen molar-refractivity contribution in [3.8, 4) is 5.75 Å². The second-order valence-electron chi connectivity index (χ2n) is 4.19. The van der Waals surface area contributed by atoms with E-state index in [0.29, 0.717) is 5.13 Å². The lowest BCUT2D eigenvalue weighted by molar-refractivity contribution is 0.0691. The topological polar surface area (TPSA) is 71.5 Å². The van der Waals surface area contributed by atoms with Crippen molar-refractivity contribution in [1.29, 1.82) is 0 Å². The first-order chi connectivity index (χ1) is 9.69. The number of rotatable bonds is 7. The number of unbranched alkanes of at least 4 members (excludes halogenated alkanes) is 1. The van der Waals surface area contributed by atoms with Crippen LogP contribution < -0.4 is 10.1 Å². The molecule has 6 heteroatoms. The van der Waals surface area contributed by atoms with Gasteiger partial charge in [0.2, 0.25) is 0 Å². The number of benzene rings is 1. The number of anilines is 2. The van der Waals surface area contributed by atoms with Gasteiger partial charge in [0.25, 0.3) is 0 Å². The van der Waals surface area contributed by atoms with Crippen LogP contribution in [0.1, 0.15) is 30.3 Å². The van der Waals surface area contributed by atoms with Crippen LogP contribution in [0.5, 0.6) is 5.75 Å². The van der Waals surface area contributed by atoms with Crippen molar-refractivity contribution in [2.45, 2.75) is 19.8 Å². The molecule has 0 aliphatic heterocycles. The number of nitrogens with one attached hydrogen (secondary N) is 1. The second-order valence-corrected chi connectivity index (χ2v) is 5.05. The van der Waals surface area contributed by atoms with E-state index >= 15 is 0 Å². The Morgan fingerprint density at radius 3 is 2.75 bits per heavy atom. The third-order valence-electron chi connectivity index (χ3n) is 2.60. The molecule has 0 saturated heterocycles. The number of aromatic nitrogens is 1. The summed E-state index contributed by atoms with van der Waals surface area (Å²) in [7, 11) is 0. The minimum absolute atomic E-state index is 0.0528. The summed E-state index contributed by atoms with van der Waals surface area (Å²) in [6, 6.07) is 7.51. The Balaban J connectivity index is 1.94. The van der Waals surface area contributed by atoms with Gasteiger partial charge in [-0.1, -0.05) is 13.3 Å². The molecule has 0 bridgehead atoms. The summed E-state index contributed by atoms with van der Waals surface area (Å²) in [5.41, 5.74) is 0.899. The minimum Gasteiger partial charge on any atom is -0.494 e. The third-order valence-corrected chi connectivity index (χ3v) is 3.35. The summed E-state index contributed by atoms with van der Waals surface area (Å²) in [6.45, 7) is 2.84. The highest BCUT2D eigenvalue weighted by molar-refractivity contribution is 7.14. The van der Waals surface area contributed by atoms with Crippen molar-refractivity contribution in [2.24, 2.45) is 0 Å². The zero-order chi connectivity index (χ0) is 14.4. The number of hydrogen-bond acceptors (Lipinski definition) is 5. The molecule has 0 aliphatic carbocycles. The molecule has 5 nitrogen and oxygen atoms in total. The van der Waals surface area contributed by atoms with Crippen LogP contribution >= 0.6 is 11.3 Å². The Kier molecular flexibility index (Phi) is 4.95. The van der Waals surface area contributed by atoms with Gasteiger partial charge in [-0.3, -0.25) is 0 Å². The zero-order valence-electron chi connectivity index (χ0n) is 11.1. The van der Waals surface area contributed by atoms with Gasteiger partial charge in [-0.05, 0) is 30.7 Å². The molecular formula is C14H16N2O3S. The van der Waals surface area contributed by atoms with Crippen molar-refractivity contribution < 1.29 is 14.6 Å². The average molecular weight is 292 g/mol. The molecule has 0 aliphatic rings. The minimum atomic E-state index is -1.02. The van der Waals surface area contributed by atoms with Crippen LogP contribution in [0.15, 0.2) is 29.6 Å². The lowest BCUT2D eigenvalue weighted by atomic mass is 10.3. The summed E-state index contributed by atoms with van der Waals surface area (Å²) < 4.78 is 5.57. The van der Waals surface area contributed by atoms with Crippen molar-refractivity contribution in [3.63, 3.8) is 0 Å². The maximum atomic E-state index is 10.7. The quantitative estimate of drug-likeness (QED) is 0.760. The fraction of sp³-hybridized carbons (Fsp3) is 0.286. The van der Waals surface area contributed by atoms with Crippen LogP contribution in [0.4, 0.5) is 10.8 Å². The molecule has 0 saturated carbocycles. The summed E-state index contributed by atoms with van der Waals surface area (Å²) in [5.74, 6) is -0.191. The Hall–Kier alpha value is -2.08. The van der Waals surface area contributed by atoms with Crippen molar-refractivity contribution in [2.75, 3.05) is 11.9 Å². The van der Waals surface area contributed by atoms with Gasteiger partial charge in [0.05, 0.1) is 6.61 Å². The van der Waals surface area contributed by atoms with E-state index in [1.807, 2.05) is 24.3 Å². The van der Waals surface area contributed by atoms with Gasteiger partial charge in [0.15, 0.2) is 10.8 Å². The van der Waals surface area contributed by atoms with Crippen molar-refractivity contribution in [1.82, 2.24) is 4.98 Å². The van der Waals surface area contributed by atoms with E-state index in [1.54, 1.807) is 0 Å². The van der Waals surface area contributed by atoms with Gasteiger partial charge in [0, 0.05) is 11.1 Å². The fourth-order valence-electron chi connectivity index (χ4n) is 1.52. The molecule has 0 fully saturated rings. The van der Waals surface area contributed by atoms with Gasteiger partial charge >= 0.3 is 5.97 Å². The van der Waals surface area contributed by atoms with Crippen LogP contribution in [0, 0.1) is 0 Å². The van der Waals surface area contributed by atoms with Gasteiger partial charge in [-0.25, -0.2) is 9.78 Å². The van der Waals surface area contributed by atoms with E-state index in [9.17, 15) is 4.79 Å².